The van der Waals surface area contributed by atoms with Crippen molar-refractivity contribution >= 4 is 43.2 Å². The zero-order chi connectivity index (χ0) is 14.5. The predicted octanol–water partition coefficient (Wildman–Crippen LogP) is 5.70. The average Bonchev–Trinajstić information content (AvgIpc) is 2.77. The van der Waals surface area contributed by atoms with E-state index in [4.69, 9.17) is 0 Å². The molecule has 0 aliphatic carbocycles. The van der Waals surface area contributed by atoms with Gasteiger partial charge in [0.1, 0.15) is 5.82 Å². The molecule has 0 aliphatic rings. The predicted molar refractivity (Wildman–Crippen MR) is 90.9 cm³/mol. The molecule has 0 amide bonds. The highest BCUT2D eigenvalue weighted by Gasteiger charge is 2.16. The second kappa shape index (κ2) is 7.69. The first-order chi connectivity index (χ1) is 9.60. The smallest absolute Gasteiger partial charge is 0.123 e. The van der Waals surface area contributed by atoms with Gasteiger partial charge in [-0.1, -0.05) is 19.1 Å². The molecule has 5 heteroatoms. The fourth-order valence-electron chi connectivity index (χ4n) is 1.98. The van der Waals surface area contributed by atoms with Crippen LogP contribution in [0.3, 0.4) is 0 Å². The van der Waals surface area contributed by atoms with E-state index in [9.17, 15) is 4.39 Å². The molecule has 0 aliphatic heterocycles. The van der Waals surface area contributed by atoms with Crippen molar-refractivity contribution in [2.45, 2.75) is 25.8 Å². The third-order valence-electron chi connectivity index (χ3n) is 3.00. The monoisotopic (exact) mass is 419 g/mol. The fraction of sp³-hybridized carbons (Fsp3) is 0.333. The van der Waals surface area contributed by atoms with Crippen molar-refractivity contribution in [2.75, 3.05) is 6.54 Å². The van der Waals surface area contributed by atoms with Gasteiger partial charge in [0.15, 0.2) is 0 Å². The average molecular weight is 421 g/mol. The molecule has 0 saturated carbocycles. The number of hydrogen-bond donors (Lipinski definition) is 1. The Morgan fingerprint density at radius 3 is 2.50 bits per heavy atom. The highest BCUT2D eigenvalue weighted by molar-refractivity contribution is 9.13. The standard InChI is InChI=1S/C15H16Br2FNS/c1-2-7-19-13(14-9-12(16)15(17)20-14)8-10-3-5-11(18)6-4-10/h3-6,9,13,19H,2,7-8H2,1H3. The second-order valence-electron chi connectivity index (χ2n) is 4.61. The molecule has 0 radical (unpaired) electrons. The van der Waals surface area contributed by atoms with E-state index in [0.29, 0.717) is 0 Å². The van der Waals surface area contributed by atoms with Crippen molar-refractivity contribution < 1.29 is 4.39 Å². The van der Waals surface area contributed by atoms with Crippen LogP contribution in [-0.4, -0.2) is 6.54 Å². The van der Waals surface area contributed by atoms with Gasteiger partial charge in [-0.25, -0.2) is 4.39 Å². The zero-order valence-electron chi connectivity index (χ0n) is 11.1. The molecule has 1 unspecified atom stereocenters. The highest BCUT2D eigenvalue weighted by Crippen LogP contribution is 2.36. The summed E-state index contributed by atoms with van der Waals surface area (Å²) >= 11 is 8.80. The van der Waals surface area contributed by atoms with Crippen molar-refractivity contribution in [1.29, 1.82) is 0 Å². The summed E-state index contributed by atoms with van der Waals surface area (Å²) in [5.74, 6) is -0.187. The van der Waals surface area contributed by atoms with Crippen LogP contribution in [0, 0.1) is 5.82 Å². The molecular weight excluding hydrogens is 405 g/mol. The van der Waals surface area contributed by atoms with E-state index in [1.54, 1.807) is 11.3 Å². The number of benzene rings is 1. The largest absolute Gasteiger partial charge is 0.309 e. The molecule has 0 saturated heterocycles. The lowest BCUT2D eigenvalue weighted by Crippen LogP contribution is -2.23. The Labute approximate surface area is 139 Å². The first kappa shape index (κ1) is 16.1. The maximum Gasteiger partial charge on any atom is 0.123 e. The van der Waals surface area contributed by atoms with E-state index < -0.39 is 0 Å². The molecule has 0 bridgehead atoms. The van der Waals surface area contributed by atoms with Crippen LogP contribution in [0.5, 0.6) is 0 Å². The lowest BCUT2D eigenvalue weighted by atomic mass is 10.0. The molecule has 1 N–H and O–H groups in total. The fourth-order valence-corrected chi connectivity index (χ4v) is 4.15. The van der Waals surface area contributed by atoms with Crippen LogP contribution in [0.1, 0.15) is 29.8 Å². The Morgan fingerprint density at radius 1 is 1.25 bits per heavy atom. The van der Waals surface area contributed by atoms with E-state index in [0.717, 1.165) is 33.2 Å². The van der Waals surface area contributed by atoms with Crippen LogP contribution >= 0.6 is 43.2 Å². The third-order valence-corrected chi connectivity index (χ3v) is 6.37. The van der Waals surface area contributed by atoms with Gasteiger partial charge >= 0.3 is 0 Å². The minimum absolute atomic E-state index is 0.187. The molecule has 0 spiro atoms. The number of nitrogens with one attached hydrogen (secondary N) is 1. The molecule has 1 nitrogen and oxygen atoms in total. The van der Waals surface area contributed by atoms with Crippen LogP contribution in [0.2, 0.25) is 0 Å². The summed E-state index contributed by atoms with van der Waals surface area (Å²) in [4.78, 5) is 1.28. The summed E-state index contributed by atoms with van der Waals surface area (Å²) in [6.07, 6.45) is 1.95. The van der Waals surface area contributed by atoms with E-state index >= 15 is 0 Å². The number of thiophene rings is 1. The zero-order valence-corrected chi connectivity index (χ0v) is 15.1. The van der Waals surface area contributed by atoms with E-state index in [1.807, 2.05) is 12.1 Å². The summed E-state index contributed by atoms with van der Waals surface area (Å²) in [6.45, 7) is 3.13. The van der Waals surface area contributed by atoms with Gasteiger partial charge in [-0.2, -0.15) is 0 Å². The molecule has 108 valence electrons. The first-order valence-electron chi connectivity index (χ1n) is 6.52. The topological polar surface area (TPSA) is 12.0 Å². The van der Waals surface area contributed by atoms with Gasteiger partial charge < -0.3 is 5.32 Å². The minimum atomic E-state index is -0.187. The summed E-state index contributed by atoms with van der Waals surface area (Å²) in [5, 5.41) is 3.56. The Morgan fingerprint density at radius 2 is 1.95 bits per heavy atom. The van der Waals surface area contributed by atoms with Crippen LogP contribution in [-0.2, 0) is 6.42 Å². The molecule has 1 aromatic heterocycles. The van der Waals surface area contributed by atoms with Gasteiger partial charge in [0.2, 0.25) is 0 Å². The first-order valence-corrected chi connectivity index (χ1v) is 8.93. The molecule has 1 aromatic carbocycles. The maximum absolute atomic E-state index is 13.0. The second-order valence-corrected chi connectivity index (χ2v) is 7.86. The number of halogens is 3. The third kappa shape index (κ3) is 4.38. The lowest BCUT2D eigenvalue weighted by molar-refractivity contribution is 0.535. The van der Waals surface area contributed by atoms with Gasteiger partial charge in [0.05, 0.1) is 3.79 Å². The molecule has 0 fully saturated rings. The van der Waals surface area contributed by atoms with E-state index in [1.165, 1.54) is 17.0 Å². The van der Waals surface area contributed by atoms with Crippen molar-refractivity contribution in [2.24, 2.45) is 0 Å². The Hall–Kier alpha value is -0.230. The normalized spacial score (nSPS) is 12.6. The lowest BCUT2D eigenvalue weighted by Gasteiger charge is -2.17. The molecule has 20 heavy (non-hydrogen) atoms. The number of hydrogen-bond acceptors (Lipinski definition) is 2. The van der Waals surface area contributed by atoms with Gasteiger partial charge in [-0.15, -0.1) is 11.3 Å². The van der Waals surface area contributed by atoms with Crippen LogP contribution in [0.4, 0.5) is 4.39 Å². The van der Waals surface area contributed by atoms with Crippen molar-refractivity contribution in [3.05, 3.63) is 54.8 Å². The molecular formula is C15H16Br2FNS. The minimum Gasteiger partial charge on any atom is -0.309 e. The molecule has 1 atom stereocenters. The van der Waals surface area contributed by atoms with Crippen LogP contribution in [0.15, 0.2) is 38.6 Å². The van der Waals surface area contributed by atoms with Crippen molar-refractivity contribution in [1.82, 2.24) is 5.32 Å². The Balaban J connectivity index is 2.16. The van der Waals surface area contributed by atoms with Crippen LogP contribution in [0.25, 0.3) is 0 Å². The SMILES string of the molecule is CCCNC(Cc1ccc(F)cc1)c1cc(Br)c(Br)s1. The van der Waals surface area contributed by atoms with Crippen LogP contribution < -0.4 is 5.32 Å². The van der Waals surface area contributed by atoms with Gasteiger partial charge in [0, 0.05) is 15.4 Å². The quantitative estimate of drug-likeness (QED) is 0.632. The Kier molecular flexibility index (Phi) is 6.20. The van der Waals surface area contributed by atoms with Crippen molar-refractivity contribution in [3.63, 3.8) is 0 Å². The highest BCUT2D eigenvalue weighted by atomic mass is 79.9. The summed E-state index contributed by atoms with van der Waals surface area (Å²) in [5.41, 5.74) is 1.14. The summed E-state index contributed by atoms with van der Waals surface area (Å²) in [7, 11) is 0. The van der Waals surface area contributed by atoms with Gasteiger partial charge in [-0.3, -0.25) is 0 Å². The van der Waals surface area contributed by atoms with Crippen molar-refractivity contribution in [3.8, 4) is 0 Å². The Bertz CT molecular complexity index is 534. The van der Waals surface area contributed by atoms with E-state index in [-0.39, 0.29) is 11.9 Å². The van der Waals surface area contributed by atoms with Gasteiger partial charge in [0.25, 0.3) is 0 Å². The molecule has 2 rings (SSSR count). The molecule has 1 heterocycles. The summed E-state index contributed by atoms with van der Waals surface area (Å²) in [6, 6.07) is 9.15. The number of rotatable bonds is 6. The maximum atomic E-state index is 13.0. The van der Waals surface area contributed by atoms with E-state index in [2.05, 4.69) is 50.2 Å². The van der Waals surface area contributed by atoms with Gasteiger partial charge in [-0.05, 0) is 75.0 Å². The summed E-state index contributed by atoms with van der Waals surface area (Å²) < 4.78 is 15.2. The molecule has 2 aromatic rings.